The summed E-state index contributed by atoms with van der Waals surface area (Å²) in [6.07, 6.45) is 0. The van der Waals surface area contributed by atoms with E-state index in [9.17, 15) is 19.2 Å². The van der Waals surface area contributed by atoms with Gasteiger partial charge < -0.3 is 24.4 Å². The summed E-state index contributed by atoms with van der Waals surface area (Å²) >= 11 is 0. The molecule has 1 fully saturated rings. The van der Waals surface area contributed by atoms with E-state index in [1.807, 2.05) is 20.9 Å². The lowest BCUT2D eigenvalue weighted by atomic mass is 9.96. The number of urea groups is 1. The van der Waals surface area contributed by atoms with Gasteiger partial charge in [-0.05, 0) is 71.4 Å². The van der Waals surface area contributed by atoms with Crippen molar-refractivity contribution in [2.75, 3.05) is 20.4 Å². The van der Waals surface area contributed by atoms with Crippen LogP contribution in [0.15, 0.2) is 42.7 Å². The van der Waals surface area contributed by atoms with E-state index in [2.05, 4.69) is 17.0 Å². The number of nitrogens with one attached hydrogen (secondary N) is 1. The fraction of sp³-hybridized carbons (Fsp3) is 0.394. The molecule has 0 unspecified atom stereocenters. The highest BCUT2D eigenvalue weighted by Crippen LogP contribution is 2.35. The molecule has 4 amide bonds. The molecule has 0 bridgehead atoms. The molecule has 13 heteroatoms. The van der Waals surface area contributed by atoms with Gasteiger partial charge in [0.2, 0.25) is 0 Å². The van der Waals surface area contributed by atoms with Crippen LogP contribution < -0.4 is 14.8 Å². The van der Waals surface area contributed by atoms with Crippen molar-refractivity contribution in [2.24, 2.45) is 12.5 Å². The second-order valence-corrected chi connectivity index (χ2v) is 12.5. The number of esters is 1. The van der Waals surface area contributed by atoms with Gasteiger partial charge in [-0.1, -0.05) is 12.6 Å². The van der Waals surface area contributed by atoms with Gasteiger partial charge in [0.15, 0.2) is 12.3 Å². The number of benzene rings is 1. The Morgan fingerprint density at radius 1 is 1.09 bits per heavy atom. The molecular weight excluding hydrogens is 592 g/mol. The van der Waals surface area contributed by atoms with Crippen LogP contribution in [-0.2, 0) is 27.9 Å². The van der Waals surface area contributed by atoms with Gasteiger partial charge in [0, 0.05) is 30.4 Å². The minimum absolute atomic E-state index is 0.136. The topological polar surface area (TPSA) is 145 Å². The Morgan fingerprint density at radius 3 is 2.41 bits per heavy atom. The molecule has 5 rings (SSSR count). The number of rotatable bonds is 9. The molecule has 0 aliphatic carbocycles. The van der Waals surface area contributed by atoms with Crippen LogP contribution in [0, 0.1) is 26.2 Å². The summed E-state index contributed by atoms with van der Waals surface area (Å²) in [5.41, 5.74) is 2.25. The molecule has 1 aromatic carbocycles. The molecule has 46 heavy (non-hydrogen) atoms. The molecule has 2 aliphatic heterocycles. The molecule has 0 radical (unpaired) electrons. The van der Waals surface area contributed by atoms with E-state index in [4.69, 9.17) is 19.2 Å². The van der Waals surface area contributed by atoms with Gasteiger partial charge >= 0.3 is 12.0 Å². The maximum Gasteiger partial charge on any atom is 0.328 e. The average Bonchev–Trinajstić information content (AvgIpc) is 3.54. The SMILES string of the molecule is C=C(Oc1ccc(-c2c(C)nn(C)c2C)nc1C)[C@]1(CN2Cc3ccc(OC)cc3C2=O)NC(=O)N(COC(=O)C(C)(C)C)C1=O. The molecule has 1 saturated heterocycles. The zero-order valence-corrected chi connectivity index (χ0v) is 27.3. The number of aryl methyl sites for hydroxylation is 3. The predicted molar refractivity (Wildman–Crippen MR) is 167 cm³/mol. The number of carbonyl (C=O) groups excluding carboxylic acids is 4. The van der Waals surface area contributed by atoms with Crippen LogP contribution in [0.2, 0.25) is 0 Å². The second-order valence-electron chi connectivity index (χ2n) is 12.5. The van der Waals surface area contributed by atoms with Crippen LogP contribution in [-0.4, -0.2) is 74.3 Å². The third-order valence-corrected chi connectivity index (χ3v) is 8.25. The van der Waals surface area contributed by atoms with Crippen LogP contribution in [0.3, 0.4) is 0 Å². The molecule has 1 atom stereocenters. The summed E-state index contributed by atoms with van der Waals surface area (Å²) in [4.78, 5) is 60.3. The first kappa shape index (κ1) is 32.2. The lowest BCUT2D eigenvalue weighted by Crippen LogP contribution is -2.57. The van der Waals surface area contributed by atoms with Crippen LogP contribution in [0.25, 0.3) is 11.3 Å². The predicted octanol–water partition coefficient (Wildman–Crippen LogP) is 3.80. The Bertz CT molecular complexity index is 1790. The number of nitrogens with zero attached hydrogens (tertiary/aromatic N) is 5. The highest BCUT2D eigenvalue weighted by Gasteiger charge is 2.57. The third kappa shape index (κ3) is 5.57. The number of hydrogen-bond acceptors (Lipinski definition) is 9. The normalized spacial score (nSPS) is 17.7. The molecule has 242 valence electrons. The monoisotopic (exact) mass is 630 g/mol. The number of fused-ring (bicyclic) bond motifs is 1. The van der Waals surface area contributed by atoms with E-state index in [-0.39, 0.29) is 24.8 Å². The number of aromatic nitrogens is 3. The molecule has 4 heterocycles. The van der Waals surface area contributed by atoms with Crippen molar-refractivity contribution in [2.45, 2.75) is 53.6 Å². The highest BCUT2D eigenvalue weighted by molar-refractivity contribution is 6.09. The van der Waals surface area contributed by atoms with Gasteiger partial charge in [-0.15, -0.1) is 0 Å². The Balaban J connectivity index is 1.46. The van der Waals surface area contributed by atoms with Crippen LogP contribution in [0.4, 0.5) is 4.79 Å². The van der Waals surface area contributed by atoms with Gasteiger partial charge in [0.25, 0.3) is 11.8 Å². The summed E-state index contributed by atoms with van der Waals surface area (Å²) in [5, 5.41) is 7.16. The summed E-state index contributed by atoms with van der Waals surface area (Å²) < 4.78 is 18.6. The van der Waals surface area contributed by atoms with Gasteiger partial charge in [-0.25, -0.2) is 14.7 Å². The minimum Gasteiger partial charge on any atom is -0.497 e. The summed E-state index contributed by atoms with van der Waals surface area (Å²) in [6.45, 7) is 13.9. The number of carbonyl (C=O) groups is 4. The molecule has 1 N–H and O–H groups in total. The first-order valence-corrected chi connectivity index (χ1v) is 14.7. The number of ether oxygens (including phenoxy) is 3. The zero-order valence-electron chi connectivity index (χ0n) is 27.3. The van der Waals surface area contributed by atoms with E-state index >= 15 is 0 Å². The molecule has 0 saturated carbocycles. The van der Waals surface area contributed by atoms with Gasteiger partial charge in [0.05, 0.1) is 36.2 Å². The standard InChI is InChI=1S/C33H38N6O7/c1-18-26(13-12-25(34-18)27-19(2)36-37(8)20(27)3)46-21(4)33(16-38-15-22-10-11-23(44-9)14-24(22)28(38)40)29(41)39(31(43)35-33)17-45-30(42)32(5,6)7/h10-14H,4,15-17H2,1-3,5-9H3,(H,35,43)/t33-/m0/s1. The van der Waals surface area contributed by atoms with Crippen molar-refractivity contribution in [3.8, 4) is 22.8 Å². The quantitative estimate of drug-likeness (QED) is 0.212. The van der Waals surface area contributed by atoms with Gasteiger partial charge in [-0.2, -0.15) is 5.10 Å². The molecule has 0 spiro atoms. The van der Waals surface area contributed by atoms with Crippen molar-refractivity contribution >= 4 is 23.8 Å². The average molecular weight is 631 g/mol. The van der Waals surface area contributed by atoms with Crippen molar-refractivity contribution < 1.29 is 33.4 Å². The van der Waals surface area contributed by atoms with Crippen molar-refractivity contribution in [3.05, 3.63) is 70.9 Å². The zero-order chi connectivity index (χ0) is 33.7. The largest absolute Gasteiger partial charge is 0.497 e. The van der Waals surface area contributed by atoms with Crippen molar-refractivity contribution in [3.63, 3.8) is 0 Å². The first-order chi connectivity index (χ1) is 21.6. The van der Waals surface area contributed by atoms with E-state index < -0.39 is 35.6 Å². The lowest BCUT2D eigenvalue weighted by molar-refractivity contribution is -0.158. The van der Waals surface area contributed by atoms with Crippen molar-refractivity contribution in [1.29, 1.82) is 0 Å². The highest BCUT2D eigenvalue weighted by atomic mass is 16.5. The van der Waals surface area contributed by atoms with Gasteiger partial charge in [0.1, 0.15) is 17.3 Å². The van der Waals surface area contributed by atoms with E-state index in [0.717, 1.165) is 27.4 Å². The Hall–Kier alpha value is -5.20. The summed E-state index contributed by atoms with van der Waals surface area (Å²) in [5.74, 6) is -1.06. The van der Waals surface area contributed by atoms with Crippen LogP contribution in [0.1, 0.15) is 53.8 Å². The Kier molecular flexibility index (Phi) is 8.14. The number of amides is 4. The van der Waals surface area contributed by atoms with Gasteiger partial charge in [-0.3, -0.25) is 19.1 Å². The first-order valence-electron chi connectivity index (χ1n) is 14.7. The number of methoxy groups -OCH3 is 1. The third-order valence-electron chi connectivity index (χ3n) is 8.25. The van der Waals surface area contributed by atoms with E-state index in [0.29, 0.717) is 28.5 Å². The van der Waals surface area contributed by atoms with Crippen LogP contribution >= 0.6 is 0 Å². The van der Waals surface area contributed by atoms with Crippen molar-refractivity contribution in [1.82, 2.24) is 29.9 Å². The number of imide groups is 1. The smallest absolute Gasteiger partial charge is 0.328 e. The second kappa shape index (κ2) is 11.6. The fourth-order valence-corrected chi connectivity index (χ4v) is 5.51. The van der Waals surface area contributed by atoms with E-state index in [1.54, 1.807) is 62.7 Å². The maximum absolute atomic E-state index is 14.1. The molecule has 2 aromatic heterocycles. The molecular formula is C33H38N6O7. The molecule has 13 nitrogen and oxygen atoms in total. The Morgan fingerprint density at radius 2 is 1.80 bits per heavy atom. The Labute approximate surface area is 267 Å². The number of hydrogen-bond donors (Lipinski definition) is 1. The lowest BCUT2D eigenvalue weighted by Gasteiger charge is -2.32. The minimum atomic E-state index is -1.91. The molecule has 2 aliphatic rings. The van der Waals surface area contributed by atoms with Crippen LogP contribution in [0.5, 0.6) is 11.5 Å². The maximum atomic E-state index is 14.1. The summed E-state index contributed by atoms with van der Waals surface area (Å²) in [6, 6.07) is 7.81. The number of pyridine rings is 1. The fourth-order valence-electron chi connectivity index (χ4n) is 5.51. The summed E-state index contributed by atoms with van der Waals surface area (Å²) in [7, 11) is 3.37. The molecule has 3 aromatic rings. The van der Waals surface area contributed by atoms with E-state index in [1.165, 1.54) is 12.0 Å².